The molecular weight excluding hydrogens is 226 g/mol. The van der Waals surface area contributed by atoms with Crippen LogP contribution < -0.4 is 16.8 Å². The van der Waals surface area contributed by atoms with Gasteiger partial charge in [-0.05, 0) is 32.7 Å². The number of aliphatic hydroxyl groups excluding tert-OH is 1. The third kappa shape index (κ3) is 6.20. The molecule has 3 atom stereocenters. The second-order valence-corrected chi connectivity index (χ2v) is 3.95. The number of nitrogens with two attached hydrogens (primary N) is 2. The lowest BCUT2D eigenvalue weighted by molar-refractivity contribution is -0.142. The summed E-state index contributed by atoms with van der Waals surface area (Å²) < 4.78 is 0. The van der Waals surface area contributed by atoms with Crippen LogP contribution in [0.15, 0.2) is 0 Å². The first-order valence-electron chi connectivity index (χ1n) is 5.57. The molecule has 17 heavy (non-hydrogen) atoms. The van der Waals surface area contributed by atoms with Crippen LogP contribution in [0.25, 0.3) is 0 Å². The molecule has 0 aromatic rings. The Kier molecular flexibility index (Phi) is 7.44. The summed E-state index contributed by atoms with van der Waals surface area (Å²) in [5, 5.41) is 20.3. The number of rotatable bonds is 8. The van der Waals surface area contributed by atoms with Crippen molar-refractivity contribution in [2.24, 2.45) is 11.5 Å². The van der Waals surface area contributed by atoms with Crippen molar-refractivity contribution in [1.29, 1.82) is 0 Å². The van der Waals surface area contributed by atoms with Crippen LogP contribution in [-0.2, 0) is 9.59 Å². The van der Waals surface area contributed by atoms with E-state index in [9.17, 15) is 9.59 Å². The average molecular weight is 247 g/mol. The van der Waals surface area contributed by atoms with Crippen molar-refractivity contribution < 1.29 is 19.8 Å². The summed E-state index contributed by atoms with van der Waals surface area (Å²) in [5.41, 5.74) is 10.7. The van der Waals surface area contributed by atoms with E-state index in [-0.39, 0.29) is 0 Å². The molecule has 7 nitrogen and oxygen atoms in total. The van der Waals surface area contributed by atoms with E-state index in [0.717, 1.165) is 0 Å². The van der Waals surface area contributed by atoms with Gasteiger partial charge in [-0.2, -0.15) is 0 Å². The van der Waals surface area contributed by atoms with Crippen molar-refractivity contribution in [2.45, 2.75) is 44.4 Å². The Morgan fingerprint density at radius 1 is 1.35 bits per heavy atom. The molecule has 7 N–H and O–H groups in total. The topological polar surface area (TPSA) is 139 Å². The average Bonchev–Trinajstić information content (AvgIpc) is 2.26. The molecule has 0 rings (SSSR count). The van der Waals surface area contributed by atoms with Crippen LogP contribution in [0.2, 0.25) is 0 Å². The number of amides is 1. The Morgan fingerprint density at radius 2 is 1.94 bits per heavy atom. The molecule has 0 fully saturated rings. The minimum Gasteiger partial charge on any atom is -0.480 e. The number of aliphatic carboxylic acids is 1. The van der Waals surface area contributed by atoms with Crippen LogP contribution in [0.5, 0.6) is 0 Å². The van der Waals surface area contributed by atoms with Crippen molar-refractivity contribution in [3.05, 3.63) is 0 Å². The monoisotopic (exact) mass is 247 g/mol. The molecule has 0 saturated heterocycles. The number of hydrogen-bond acceptors (Lipinski definition) is 5. The zero-order valence-corrected chi connectivity index (χ0v) is 9.93. The molecule has 100 valence electrons. The number of hydrogen-bond donors (Lipinski definition) is 5. The Bertz CT molecular complexity index is 258. The predicted octanol–water partition coefficient (Wildman–Crippen LogP) is -1.61. The molecule has 0 aliphatic rings. The number of carboxylic acid groups (broad SMARTS) is 1. The van der Waals surface area contributed by atoms with Crippen LogP contribution in [0.4, 0.5) is 0 Å². The molecule has 0 aromatic heterocycles. The van der Waals surface area contributed by atoms with E-state index in [1.807, 2.05) is 0 Å². The molecule has 7 heteroatoms. The molecule has 0 aliphatic carbocycles. The van der Waals surface area contributed by atoms with Gasteiger partial charge in [-0.25, -0.2) is 4.79 Å². The van der Waals surface area contributed by atoms with E-state index in [4.69, 9.17) is 21.7 Å². The van der Waals surface area contributed by atoms with E-state index in [2.05, 4.69) is 5.32 Å². The zero-order valence-electron chi connectivity index (χ0n) is 9.93. The molecule has 1 amide bonds. The Balaban J connectivity index is 4.25. The van der Waals surface area contributed by atoms with Crippen molar-refractivity contribution in [3.63, 3.8) is 0 Å². The van der Waals surface area contributed by atoms with Crippen LogP contribution in [0.3, 0.4) is 0 Å². The highest BCUT2D eigenvalue weighted by molar-refractivity contribution is 5.87. The summed E-state index contributed by atoms with van der Waals surface area (Å²) in [7, 11) is 0. The lowest BCUT2D eigenvalue weighted by Gasteiger charge is -2.19. The number of aliphatic hydroxyl groups is 1. The number of carbonyl (C=O) groups excluding carboxylic acids is 1. The third-order valence-electron chi connectivity index (χ3n) is 2.38. The maximum atomic E-state index is 11.4. The van der Waals surface area contributed by atoms with Gasteiger partial charge in [0.25, 0.3) is 0 Å². The molecular formula is C10H21N3O4. The Morgan fingerprint density at radius 3 is 2.35 bits per heavy atom. The van der Waals surface area contributed by atoms with Crippen molar-refractivity contribution in [3.8, 4) is 0 Å². The molecule has 0 bridgehead atoms. The molecule has 0 radical (unpaired) electrons. The van der Waals surface area contributed by atoms with Gasteiger partial charge in [0.15, 0.2) is 0 Å². The first kappa shape index (κ1) is 15.8. The van der Waals surface area contributed by atoms with Gasteiger partial charge in [0.2, 0.25) is 5.91 Å². The second-order valence-electron chi connectivity index (χ2n) is 3.95. The van der Waals surface area contributed by atoms with Gasteiger partial charge in [-0.3, -0.25) is 4.79 Å². The lowest BCUT2D eigenvalue weighted by Crippen LogP contribution is -2.52. The van der Waals surface area contributed by atoms with Crippen molar-refractivity contribution in [1.82, 2.24) is 5.32 Å². The van der Waals surface area contributed by atoms with Crippen molar-refractivity contribution in [2.75, 3.05) is 6.54 Å². The van der Waals surface area contributed by atoms with Crippen molar-refractivity contribution >= 4 is 11.9 Å². The van der Waals surface area contributed by atoms with Crippen LogP contribution in [0.1, 0.15) is 26.2 Å². The smallest absolute Gasteiger partial charge is 0.326 e. The van der Waals surface area contributed by atoms with Gasteiger partial charge in [-0.15, -0.1) is 0 Å². The van der Waals surface area contributed by atoms with Gasteiger partial charge in [0.1, 0.15) is 12.1 Å². The SMILES string of the molecule is CC(O)[C@H](N)C(=O)N[C@@H](CCCCN)C(=O)O. The van der Waals surface area contributed by atoms with Gasteiger partial charge >= 0.3 is 5.97 Å². The maximum absolute atomic E-state index is 11.4. The molecule has 0 aromatic carbocycles. The van der Waals surface area contributed by atoms with E-state index >= 15 is 0 Å². The highest BCUT2D eigenvalue weighted by Crippen LogP contribution is 2.01. The number of nitrogens with one attached hydrogen (secondary N) is 1. The first-order chi connectivity index (χ1) is 7.90. The van der Waals surface area contributed by atoms with Gasteiger partial charge in [-0.1, -0.05) is 0 Å². The fraction of sp³-hybridized carbons (Fsp3) is 0.800. The van der Waals surface area contributed by atoms with E-state index < -0.39 is 30.1 Å². The zero-order chi connectivity index (χ0) is 13.4. The molecule has 1 unspecified atom stereocenters. The minimum absolute atomic E-state index is 0.296. The largest absolute Gasteiger partial charge is 0.480 e. The predicted molar refractivity (Wildman–Crippen MR) is 62.1 cm³/mol. The van der Waals surface area contributed by atoms with E-state index in [1.54, 1.807) is 0 Å². The number of carboxylic acids is 1. The van der Waals surface area contributed by atoms with E-state index in [1.165, 1.54) is 6.92 Å². The van der Waals surface area contributed by atoms with Gasteiger partial charge in [0, 0.05) is 0 Å². The minimum atomic E-state index is -1.12. The molecule has 0 spiro atoms. The summed E-state index contributed by atoms with van der Waals surface area (Å²) in [6.07, 6.45) is 0.582. The highest BCUT2D eigenvalue weighted by Gasteiger charge is 2.25. The summed E-state index contributed by atoms with van der Waals surface area (Å²) in [4.78, 5) is 22.3. The quantitative estimate of drug-likeness (QED) is 0.327. The van der Waals surface area contributed by atoms with Gasteiger partial charge < -0.3 is 27.0 Å². The summed E-state index contributed by atoms with van der Waals surface area (Å²) >= 11 is 0. The number of carbonyl (C=O) groups is 2. The van der Waals surface area contributed by atoms with Crippen LogP contribution in [-0.4, -0.2) is 46.8 Å². The normalized spacial score (nSPS) is 16.0. The summed E-state index contributed by atoms with van der Waals surface area (Å²) in [6, 6.07) is -2.11. The second kappa shape index (κ2) is 7.99. The molecule has 0 heterocycles. The molecule has 0 saturated carbocycles. The molecule has 0 aliphatic heterocycles. The van der Waals surface area contributed by atoms with E-state index in [0.29, 0.717) is 25.8 Å². The lowest BCUT2D eigenvalue weighted by atomic mass is 10.1. The van der Waals surface area contributed by atoms with Crippen LogP contribution in [0, 0.1) is 0 Å². The third-order valence-corrected chi connectivity index (χ3v) is 2.38. The first-order valence-corrected chi connectivity index (χ1v) is 5.57. The maximum Gasteiger partial charge on any atom is 0.326 e. The number of unbranched alkanes of at least 4 members (excludes halogenated alkanes) is 1. The standard InChI is InChI=1S/C10H21N3O4/c1-6(14)8(12)9(15)13-7(10(16)17)4-2-3-5-11/h6-8,14H,2-5,11-12H2,1H3,(H,13,15)(H,16,17)/t6?,7-,8-/m0/s1. The van der Waals surface area contributed by atoms with Crippen LogP contribution >= 0.6 is 0 Å². The highest BCUT2D eigenvalue weighted by atomic mass is 16.4. The fourth-order valence-corrected chi connectivity index (χ4v) is 1.24. The summed E-state index contributed by atoms with van der Waals surface area (Å²) in [6.45, 7) is 1.85. The summed E-state index contributed by atoms with van der Waals surface area (Å²) in [5.74, 6) is -1.78. The van der Waals surface area contributed by atoms with Gasteiger partial charge in [0.05, 0.1) is 6.10 Å². The Hall–Kier alpha value is -1.18. The Labute approximate surface area is 100 Å². The fourth-order valence-electron chi connectivity index (χ4n) is 1.24.